The second kappa shape index (κ2) is 31.1. The summed E-state index contributed by atoms with van der Waals surface area (Å²) in [5, 5.41) is 24.0. The topological polar surface area (TPSA) is 142 Å². The van der Waals surface area contributed by atoms with Crippen molar-refractivity contribution in [2.75, 3.05) is 40.9 Å². The number of ketones is 1. The third-order valence-electron chi connectivity index (χ3n) is 10.0. The fourth-order valence-electron chi connectivity index (χ4n) is 6.44. The van der Waals surface area contributed by atoms with Crippen molar-refractivity contribution in [1.82, 2.24) is 5.32 Å². The van der Waals surface area contributed by atoms with Gasteiger partial charge in [-0.3, -0.25) is 18.6 Å². The number of likely N-dealkylation sites (N-methyl/N-ethyl adjacent to an activating group) is 1. The van der Waals surface area contributed by atoms with Crippen LogP contribution in [-0.4, -0.2) is 90.4 Å². The van der Waals surface area contributed by atoms with Crippen molar-refractivity contribution in [2.24, 2.45) is 11.8 Å². The van der Waals surface area contributed by atoms with E-state index in [1.807, 2.05) is 51.5 Å². The van der Waals surface area contributed by atoms with E-state index < -0.39 is 26.1 Å². The Hall–Kier alpha value is -1.91. The number of rotatable bonds is 35. The van der Waals surface area contributed by atoms with Crippen LogP contribution in [0, 0.1) is 11.8 Å². The Morgan fingerprint density at radius 3 is 2.07 bits per heavy atom. The molecule has 6 atom stereocenters. The van der Waals surface area contributed by atoms with E-state index in [4.69, 9.17) is 9.05 Å². The van der Waals surface area contributed by atoms with Crippen molar-refractivity contribution in [1.29, 1.82) is 0 Å². The molecule has 318 valence electrons. The number of amides is 1. The number of phosphoric acid groups is 1. The molecule has 0 fully saturated rings. The van der Waals surface area contributed by atoms with Gasteiger partial charge in [-0.05, 0) is 50.5 Å². The lowest BCUT2D eigenvalue weighted by Gasteiger charge is -2.25. The van der Waals surface area contributed by atoms with Gasteiger partial charge in [0.2, 0.25) is 5.91 Å². The summed E-state index contributed by atoms with van der Waals surface area (Å²) in [6.45, 7) is 4.52. The van der Waals surface area contributed by atoms with Crippen molar-refractivity contribution >= 4 is 19.5 Å². The maximum atomic E-state index is 12.9. The van der Waals surface area contributed by atoms with Crippen molar-refractivity contribution in [2.45, 2.75) is 167 Å². The summed E-state index contributed by atoms with van der Waals surface area (Å²) in [6.07, 6.45) is 35.1. The minimum Gasteiger partial charge on any atom is -0.389 e. The molecule has 0 aromatic heterocycles. The fourth-order valence-corrected chi connectivity index (χ4v) is 7.18. The van der Waals surface area contributed by atoms with Gasteiger partial charge < -0.3 is 24.9 Å². The largest absolute Gasteiger partial charge is 0.472 e. The van der Waals surface area contributed by atoms with Gasteiger partial charge in [0.15, 0.2) is 5.78 Å². The van der Waals surface area contributed by atoms with Gasteiger partial charge in [-0.15, -0.1) is 0 Å². The highest BCUT2D eigenvalue weighted by atomic mass is 31.2. The molecule has 0 aromatic carbocycles. The standard InChI is InChI=1S/C44H79N2O8P/c1-6-8-10-11-12-13-14-15-16-17-18-19-20-25-29-43(49)41(37-54-55(51,52)53-36-35-46(3,4)5)45-44(50)30-26-22-21-24-27-38-31-34-42(48)40(38)33-32-39(47)28-23-9-7-2/h21,24-25,29,31-34,38-41,43,47,49H,6-20,22-23,26-28,30,35-37H2,1-5H3,(H-,45,50,51,52)/p+1/b24-21-,29-25+,33-32+/t38-,39-,40+,41-,43+/m0/s1. The Balaban J connectivity index is 2.55. The Bertz CT molecular complexity index is 1180. The fraction of sp³-hybridized carbons (Fsp3) is 0.773. The molecule has 1 rings (SSSR count). The van der Waals surface area contributed by atoms with Gasteiger partial charge in [0.05, 0.1) is 46.0 Å². The number of aliphatic hydroxyl groups is 2. The van der Waals surface area contributed by atoms with Gasteiger partial charge in [-0.1, -0.05) is 146 Å². The summed E-state index contributed by atoms with van der Waals surface area (Å²) in [5.41, 5.74) is 0. The molecule has 1 amide bonds. The van der Waals surface area contributed by atoms with Crippen LogP contribution in [0.4, 0.5) is 0 Å². The predicted molar refractivity (Wildman–Crippen MR) is 225 cm³/mol. The minimum atomic E-state index is -4.39. The van der Waals surface area contributed by atoms with Crippen LogP contribution >= 0.6 is 7.82 Å². The SMILES string of the molecule is CCCCCCCCCCCCCC/C=C/[C@@H](O)[C@H](COP(=O)(O)OCC[N+](C)(C)C)NC(=O)CCC/C=C\C[C@H]1C=CC(=O)[C@@H]1/C=C/[C@@H](O)CCCCC. The number of phosphoric ester groups is 1. The highest BCUT2D eigenvalue weighted by Crippen LogP contribution is 2.43. The zero-order valence-electron chi connectivity index (χ0n) is 35.3. The van der Waals surface area contributed by atoms with Crippen molar-refractivity contribution < 1.29 is 42.8 Å². The average molecular weight is 796 g/mol. The smallest absolute Gasteiger partial charge is 0.389 e. The van der Waals surface area contributed by atoms with E-state index in [1.165, 1.54) is 64.2 Å². The predicted octanol–water partition coefficient (Wildman–Crippen LogP) is 9.30. The molecular weight excluding hydrogens is 715 g/mol. The Labute approximate surface area is 335 Å². The number of hydrogen-bond acceptors (Lipinski definition) is 7. The number of aliphatic hydroxyl groups excluding tert-OH is 2. The second-order valence-electron chi connectivity index (χ2n) is 16.4. The molecule has 55 heavy (non-hydrogen) atoms. The van der Waals surface area contributed by atoms with E-state index >= 15 is 0 Å². The normalized spacial score (nSPS) is 19.2. The molecular formula is C44H80N2O8P+. The van der Waals surface area contributed by atoms with E-state index in [0.29, 0.717) is 36.7 Å². The van der Waals surface area contributed by atoms with Gasteiger partial charge in [0, 0.05) is 12.3 Å². The molecule has 4 N–H and O–H groups in total. The van der Waals surface area contributed by atoms with E-state index in [9.17, 15) is 29.3 Å². The number of carbonyl (C=O) groups is 2. The lowest BCUT2D eigenvalue weighted by atomic mass is 9.90. The summed E-state index contributed by atoms with van der Waals surface area (Å²) in [6, 6.07) is -0.925. The minimum absolute atomic E-state index is 0.0241. The van der Waals surface area contributed by atoms with Gasteiger partial charge in [-0.2, -0.15) is 0 Å². The number of carbonyl (C=O) groups excluding carboxylic acids is 2. The van der Waals surface area contributed by atoms with Gasteiger partial charge >= 0.3 is 7.82 Å². The monoisotopic (exact) mass is 796 g/mol. The zero-order valence-corrected chi connectivity index (χ0v) is 36.1. The molecule has 0 saturated carbocycles. The summed E-state index contributed by atoms with van der Waals surface area (Å²) >= 11 is 0. The summed E-state index contributed by atoms with van der Waals surface area (Å²) in [7, 11) is 1.44. The van der Waals surface area contributed by atoms with Crippen LogP contribution < -0.4 is 5.32 Å². The number of allylic oxidation sites excluding steroid dienone is 6. The summed E-state index contributed by atoms with van der Waals surface area (Å²) in [5.74, 6) is -0.459. The number of nitrogens with zero attached hydrogens (tertiary/aromatic N) is 1. The first-order valence-electron chi connectivity index (χ1n) is 21.6. The molecule has 0 saturated heterocycles. The number of hydrogen-bond donors (Lipinski definition) is 4. The van der Waals surface area contributed by atoms with Crippen LogP contribution in [0.3, 0.4) is 0 Å². The Morgan fingerprint density at radius 2 is 1.44 bits per heavy atom. The molecule has 0 aromatic rings. The molecule has 1 aliphatic carbocycles. The quantitative estimate of drug-likeness (QED) is 0.0215. The van der Waals surface area contributed by atoms with E-state index in [0.717, 1.165) is 38.5 Å². The molecule has 0 bridgehead atoms. The lowest BCUT2D eigenvalue weighted by Crippen LogP contribution is -2.45. The highest BCUT2D eigenvalue weighted by Gasteiger charge is 2.28. The Morgan fingerprint density at radius 1 is 0.836 bits per heavy atom. The van der Waals surface area contributed by atoms with Crippen molar-refractivity contribution in [3.63, 3.8) is 0 Å². The first-order valence-corrected chi connectivity index (χ1v) is 23.1. The van der Waals surface area contributed by atoms with Crippen molar-refractivity contribution in [3.8, 4) is 0 Å². The molecule has 0 heterocycles. The van der Waals surface area contributed by atoms with Gasteiger partial charge in [0.25, 0.3) is 0 Å². The first kappa shape index (κ1) is 51.1. The van der Waals surface area contributed by atoms with Gasteiger partial charge in [0.1, 0.15) is 13.2 Å². The van der Waals surface area contributed by atoms with Crippen molar-refractivity contribution in [3.05, 3.63) is 48.6 Å². The van der Waals surface area contributed by atoms with E-state index in [1.54, 1.807) is 18.2 Å². The zero-order chi connectivity index (χ0) is 40.8. The molecule has 1 aliphatic rings. The summed E-state index contributed by atoms with van der Waals surface area (Å²) in [4.78, 5) is 35.6. The summed E-state index contributed by atoms with van der Waals surface area (Å²) < 4.78 is 23.5. The molecule has 0 radical (unpaired) electrons. The van der Waals surface area contributed by atoms with E-state index in [-0.39, 0.29) is 43.2 Å². The Kier molecular flexibility index (Phi) is 28.9. The first-order chi connectivity index (χ1) is 26.3. The maximum Gasteiger partial charge on any atom is 0.472 e. The second-order valence-corrected chi connectivity index (χ2v) is 17.8. The third-order valence-corrected chi connectivity index (χ3v) is 11.0. The van der Waals surface area contributed by atoms with Crippen LogP contribution in [0.25, 0.3) is 0 Å². The van der Waals surface area contributed by atoms with Crippen LogP contribution in [0.15, 0.2) is 48.6 Å². The van der Waals surface area contributed by atoms with Crippen LogP contribution in [0.5, 0.6) is 0 Å². The van der Waals surface area contributed by atoms with Gasteiger partial charge in [-0.25, -0.2) is 4.57 Å². The number of nitrogens with one attached hydrogen (secondary N) is 1. The third kappa shape index (κ3) is 28.2. The molecule has 10 nitrogen and oxygen atoms in total. The number of quaternary nitrogens is 1. The van der Waals surface area contributed by atoms with Crippen LogP contribution in [-0.2, 0) is 23.2 Å². The number of unbranched alkanes of at least 4 members (excludes halogenated alkanes) is 15. The molecule has 11 heteroatoms. The molecule has 0 aliphatic heterocycles. The molecule has 0 spiro atoms. The highest BCUT2D eigenvalue weighted by molar-refractivity contribution is 7.47. The van der Waals surface area contributed by atoms with Crippen LogP contribution in [0.2, 0.25) is 0 Å². The molecule has 1 unspecified atom stereocenters. The maximum absolute atomic E-state index is 12.9. The average Bonchev–Trinajstić information content (AvgIpc) is 3.48. The van der Waals surface area contributed by atoms with E-state index in [2.05, 4.69) is 19.2 Å². The lowest BCUT2D eigenvalue weighted by molar-refractivity contribution is -0.870. The van der Waals surface area contributed by atoms with Crippen LogP contribution in [0.1, 0.15) is 149 Å².